The van der Waals surface area contributed by atoms with Crippen LogP contribution in [-0.4, -0.2) is 44.3 Å². The van der Waals surface area contributed by atoms with Crippen LogP contribution in [0.25, 0.3) is 20.4 Å². The van der Waals surface area contributed by atoms with Gasteiger partial charge in [-0.15, -0.1) is 16.4 Å². The van der Waals surface area contributed by atoms with E-state index in [1.54, 1.807) is 17.7 Å². The number of pyridine rings is 1. The molecular weight excluding hydrogens is 372 g/mol. The van der Waals surface area contributed by atoms with E-state index in [1.807, 2.05) is 26.1 Å². The van der Waals surface area contributed by atoms with E-state index in [4.69, 9.17) is 4.74 Å². The fraction of sp³-hybridized carbons (Fsp3) is 0.350. The van der Waals surface area contributed by atoms with Crippen LogP contribution in [0.3, 0.4) is 0 Å². The van der Waals surface area contributed by atoms with Gasteiger partial charge in [0.1, 0.15) is 28.8 Å². The number of rotatable bonds is 3. The zero-order chi connectivity index (χ0) is 19.4. The zero-order valence-corrected chi connectivity index (χ0v) is 17.0. The van der Waals surface area contributed by atoms with Gasteiger partial charge in [0, 0.05) is 11.1 Å². The molecule has 4 aromatic heterocycles. The van der Waals surface area contributed by atoms with Crippen LogP contribution in [0.5, 0.6) is 5.75 Å². The first-order valence-corrected chi connectivity index (χ1v) is 10.0. The van der Waals surface area contributed by atoms with Gasteiger partial charge in [-0.3, -0.25) is 4.98 Å². The molecule has 5 heterocycles. The summed E-state index contributed by atoms with van der Waals surface area (Å²) in [6, 6.07) is 2.04. The number of hydrogen-bond acceptors (Lipinski definition) is 8. The highest BCUT2D eigenvalue weighted by Crippen LogP contribution is 2.39. The van der Waals surface area contributed by atoms with Crippen molar-refractivity contribution in [3.63, 3.8) is 0 Å². The Hall–Kier alpha value is -2.87. The van der Waals surface area contributed by atoms with Gasteiger partial charge in [-0.2, -0.15) is 5.10 Å². The molecule has 1 fully saturated rings. The van der Waals surface area contributed by atoms with Crippen LogP contribution >= 0.6 is 11.3 Å². The quantitative estimate of drug-likeness (QED) is 0.528. The number of fused-ring (bicyclic) bond motifs is 3. The predicted octanol–water partition coefficient (Wildman–Crippen LogP) is 3.53. The molecule has 142 valence electrons. The monoisotopic (exact) mass is 392 g/mol. The van der Waals surface area contributed by atoms with E-state index in [-0.39, 0.29) is 6.10 Å². The third-order valence-corrected chi connectivity index (χ3v) is 6.34. The van der Waals surface area contributed by atoms with Crippen LogP contribution in [0.1, 0.15) is 22.5 Å². The maximum absolute atomic E-state index is 6.13. The molecule has 1 aliphatic rings. The molecule has 0 N–H and O–H groups in total. The van der Waals surface area contributed by atoms with E-state index < -0.39 is 0 Å². The van der Waals surface area contributed by atoms with E-state index in [0.717, 1.165) is 67.6 Å². The minimum absolute atomic E-state index is 0.131. The summed E-state index contributed by atoms with van der Waals surface area (Å²) in [5.74, 6) is 1.80. The van der Waals surface area contributed by atoms with Gasteiger partial charge in [0.15, 0.2) is 0 Å². The lowest BCUT2D eigenvalue weighted by molar-refractivity contribution is 0.165. The maximum atomic E-state index is 6.13. The summed E-state index contributed by atoms with van der Waals surface area (Å²) in [5.41, 5.74) is 5.15. The fourth-order valence-corrected chi connectivity index (χ4v) is 4.72. The second kappa shape index (κ2) is 6.34. The van der Waals surface area contributed by atoms with Crippen LogP contribution in [0.15, 0.2) is 18.6 Å². The molecule has 0 unspecified atom stereocenters. The lowest BCUT2D eigenvalue weighted by atomic mass is 10.1. The molecule has 0 spiro atoms. The average Bonchev–Trinajstić information content (AvgIpc) is 3.02. The number of ether oxygens (including phenoxy) is 1. The third-order valence-electron chi connectivity index (χ3n) is 5.28. The Kier molecular flexibility index (Phi) is 3.90. The Balaban J connectivity index is 1.43. The molecule has 1 aliphatic heterocycles. The Morgan fingerprint density at radius 1 is 1.07 bits per heavy atom. The van der Waals surface area contributed by atoms with Crippen molar-refractivity contribution in [2.45, 2.75) is 33.8 Å². The molecule has 0 radical (unpaired) electrons. The lowest BCUT2D eigenvalue weighted by Gasteiger charge is -2.40. The number of aromatic nitrogens is 5. The average molecular weight is 392 g/mol. The van der Waals surface area contributed by atoms with Crippen LogP contribution in [0, 0.1) is 27.7 Å². The highest BCUT2D eigenvalue weighted by molar-refractivity contribution is 7.26. The topological polar surface area (TPSA) is 76.9 Å². The predicted molar refractivity (Wildman–Crippen MR) is 110 cm³/mol. The second-order valence-corrected chi connectivity index (χ2v) is 8.30. The summed E-state index contributed by atoms with van der Waals surface area (Å²) in [5, 5.41) is 9.71. The van der Waals surface area contributed by atoms with Crippen LogP contribution in [0.4, 0.5) is 5.82 Å². The molecule has 0 atom stereocenters. The van der Waals surface area contributed by atoms with Gasteiger partial charge < -0.3 is 9.64 Å². The van der Waals surface area contributed by atoms with E-state index in [2.05, 4.69) is 43.9 Å². The Bertz CT molecular complexity index is 1210. The van der Waals surface area contributed by atoms with Crippen molar-refractivity contribution in [2.75, 3.05) is 18.0 Å². The van der Waals surface area contributed by atoms with Crippen molar-refractivity contribution in [1.29, 1.82) is 0 Å². The molecule has 1 saturated heterocycles. The van der Waals surface area contributed by atoms with Crippen molar-refractivity contribution in [3.8, 4) is 5.75 Å². The normalized spacial score (nSPS) is 14.6. The zero-order valence-electron chi connectivity index (χ0n) is 16.2. The van der Waals surface area contributed by atoms with E-state index in [0.29, 0.717) is 0 Å². The molecule has 0 aliphatic carbocycles. The number of thiophene rings is 1. The Morgan fingerprint density at radius 3 is 2.68 bits per heavy atom. The van der Waals surface area contributed by atoms with Gasteiger partial charge in [-0.25, -0.2) is 9.97 Å². The molecule has 5 rings (SSSR count). The number of hydrogen-bond donors (Lipinski definition) is 0. The van der Waals surface area contributed by atoms with Crippen molar-refractivity contribution >= 4 is 37.6 Å². The standard InChI is InChI=1S/C20H20N6OS/c1-10-5-11(2)21-6-15(10)27-14-7-26(8-14)19-18-17(22-9-23-19)16-12(3)13(4)24-25-20(16)28-18/h5-6,9,14H,7-8H2,1-4H3. The first kappa shape index (κ1) is 17.2. The molecule has 28 heavy (non-hydrogen) atoms. The first-order chi connectivity index (χ1) is 13.5. The highest BCUT2D eigenvalue weighted by atomic mass is 32.1. The SMILES string of the molecule is Cc1cc(C)c(OC2CN(c3ncnc4c3sc3nnc(C)c(C)c34)C2)cn1. The lowest BCUT2D eigenvalue weighted by Crippen LogP contribution is -2.54. The van der Waals surface area contributed by atoms with Crippen LogP contribution < -0.4 is 9.64 Å². The Morgan fingerprint density at radius 2 is 1.89 bits per heavy atom. The van der Waals surface area contributed by atoms with Crippen molar-refractivity contribution < 1.29 is 4.74 Å². The molecular formula is C20H20N6OS. The summed E-state index contributed by atoms with van der Waals surface area (Å²) in [6.07, 6.45) is 3.58. The van der Waals surface area contributed by atoms with Gasteiger partial charge >= 0.3 is 0 Å². The van der Waals surface area contributed by atoms with Crippen LogP contribution in [-0.2, 0) is 0 Å². The minimum atomic E-state index is 0.131. The van der Waals surface area contributed by atoms with Crippen molar-refractivity contribution in [1.82, 2.24) is 25.1 Å². The number of nitrogens with zero attached hydrogens (tertiary/aromatic N) is 6. The fourth-order valence-electron chi connectivity index (χ4n) is 3.57. The van der Waals surface area contributed by atoms with Gasteiger partial charge in [0.25, 0.3) is 0 Å². The van der Waals surface area contributed by atoms with Crippen molar-refractivity contribution in [2.24, 2.45) is 0 Å². The minimum Gasteiger partial charge on any atom is -0.485 e. The maximum Gasteiger partial charge on any atom is 0.150 e. The summed E-state index contributed by atoms with van der Waals surface area (Å²) in [7, 11) is 0. The third kappa shape index (κ3) is 2.67. The summed E-state index contributed by atoms with van der Waals surface area (Å²) < 4.78 is 7.19. The van der Waals surface area contributed by atoms with E-state index >= 15 is 0 Å². The van der Waals surface area contributed by atoms with Gasteiger partial charge in [0.2, 0.25) is 0 Å². The first-order valence-electron chi connectivity index (χ1n) is 9.23. The van der Waals surface area contributed by atoms with Gasteiger partial charge in [-0.1, -0.05) is 0 Å². The molecule has 0 saturated carbocycles. The molecule has 8 heteroatoms. The summed E-state index contributed by atoms with van der Waals surface area (Å²) >= 11 is 1.61. The molecule has 4 aromatic rings. The van der Waals surface area contributed by atoms with E-state index in [1.165, 1.54) is 0 Å². The molecule has 0 bridgehead atoms. The second-order valence-electron chi connectivity index (χ2n) is 7.30. The highest BCUT2D eigenvalue weighted by Gasteiger charge is 2.32. The Labute approximate surface area is 166 Å². The number of anilines is 1. The van der Waals surface area contributed by atoms with Crippen molar-refractivity contribution in [3.05, 3.63) is 41.1 Å². The summed E-state index contributed by atoms with van der Waals surface area (Å²) in [4.78, 5) is 16.6. The number of aryl methyl sites for hydroxylation is 4. The molecule has 7 nitrogen and oxygen atoms in total. The van der Waals surface area contributed by atoms with Crippen LogP contribution in [0.2, 0.25) is 0 Å². The van der Waals surface area contributed by atoms with E-state index in [9.17, 15) is 0 Å². The van der Waals surface area contributed by atoms with Gasteiger partial charge in [-0.05, 0) is 44.9 Å². The molecule has 0 amide bonds. The largest absolute Gasteiger partial charge is 0.485 e. The van der Waals surface area contributed by atoms with Gasteiger partial charge in [0.05, 0.1) is 35.2 Å². The molecule has 0 aromatic carbocycles. The summed E-state index contributed by atoms with van der Waals surface area (Å²) in [6.45, 7) is 9.67. The smallest absolute Gasteiger partial charge is 0.150 e.